The molecule has 0 aliphatic rings. The van der Waals surface area contributed by atoms with Gasteiger partial charge in [-0.1, -0.05) is 12.1 Å². The number of amides is 1. The van der Waals surface area contributed by atoms with Gasteiger partial charge in [-0.15, -0.1) is 11.3 Å². The molecule has 5 heteroatoms. The molecule has 0 unspecified atom stereocenters. The molecule has 0 aliphatic carbocycles. The Hall–Kier alpha value is -1.98. The van der Waals surface area contributed by atoms with Gasteiger partial charge in [-0.3, -0.25) is 4.79 Å². The van der Waals surface area contributed by atoms with Gasteiger partial charge in [-0.05, 0) is 40.6 Å². The van der Waals surface area contributed by atoms with Gasteiger partial charge < -0.3 is 4.90 Å². The zero-order chi connectivity index (χ0) is 14.7. The lowest BCUT2D eigenvalue weighted by Gasteiger charge is -2.13. The van der Waals surface area contributed by atoms with Crippen molar-refractivity contribution in [1.29, 1.82) is 0 Å². The summed E-state index contributed by atoms with van der Waals surface area (Å²) in [6.45, 7) is 0.631. The minimum Gasteiger partial charge on any atom is -0.338 e. The van der Waals surface area contributed by atoms with E-state index in [1.54, 1.807) is 39.7 Å². The van der Waals surface area contributed by atoms with Gasteiger partial charge in [0.05, 0.1) is 10.2 Å². The fraction of sp³-hybridized carbons (Fsp3) is 0.125. The number of fused-ring (bicyclic) bond motifs is 1. The third-order valence-corrected chi connectivity index (χ3v) is 4.79. The molecular formula is C16H14N2OS2. The summed E-state index contributed by atoms with van der Waals surface area (Å²) in [6, 6.07) is 10.0. The van der Waals surface area contributed by atoms with Gasteiger partial charge in [0.15, 0.2) is 0 Å². The molecule has 1 amide bonds. The molecule has 0 saturated carbocycles. The second-order valence-electron chi connectivity index (χ2n) is 4.68. The minimum atomic E-state index is -0.0135. The zero-order valence-corrected chi connectivity index (χ0v) is 13.2. The lowest BCUT2D eigenvalue weighted by atomic mass is 10.3. The Morgan fingerprint density at radius 1 is 1.33 bits per heavy atom. The van der Waals surface area contributed by atoms with E-state index in [2.05, 4.69) is 10.4 Å². The highest BCUT2D eigenvalue weighted by atomic mass is 32.1. The van der Waals surface area contributed by atoms with Crippen LogP contribution in [0.1, 0.15) is 10.6 Å². The third-order valence-electron chi connectivity index (χ3n) is 3.05. The molecule has 3 nitrogen and oxygen atoms in total. The van der Waals surface area contributed by atoms with Gasteiger partial charge in [0, 0.05) is 19.7 Å². The van der Waals surface area contributed by atoms with Crippen LogP contribution in [0.15, 0.2) is 47.2 Å². The number of aromatic nitrogens is 1. The van der Waals surface area contributed by atoms with Crippen molar-refractivity contribution in [3.63, 3.8) is 0 Å². The molecule has 0 radical (unpaired) electrons. The maximum Gasteiger partial charge on any atom is 0.246 e. The molecule has 2 heterocycles. The number of para-hydroxylation sites is 1. The first-order valence-corrected chi connectivity index (χ1v) is 8.28. The molecule has 3 aromatic rings. The van der Waals surface area contributed by atoms with Crippen molar-refractivity contribution in [1.82, 2.24) is 9.88 Å². The van der Waals surface area contributed by atoms with Crippen LogP contribution < -0.4 is 0 Å². The molecule has 106 valence electrons. The number of thiazole rings is 1. The molecule has 2 aromatic heterocycles. The number of carbonyl (C=O) groups is 1. The monoisotopic (exact) mass is 314 g/mol. The SMILES string of the molecule is CN(Cc1ccsc1)C(=O)/C=C/c1nc2ccccc2s1. The Kier molecular flexibility index (Phi) is 4.13. The lowest BCUT2D eigenvalue weighted by Crippen LogP contribution is -2.23. The Balaban J connectivity index is 1.68. The first-order valence-electron chi connectivity index (χ1n) is 6.52. The summed E-state index contributed by atoms with van der Waals surface area (Å²) in [5, 5.41) is 4.93. The van der Waals surface area contributed by atoms with E-state index in [0.29, 0.717) is 6.54 Å². The first-order chi connectivity index (χ1) is 10.2. The first kappa shape index (κ1) is 14.0. The Bertz CT molecular complexity index is 742. The number of hydrogen-bond donors (Lipinski definition) is 0. The van der Waals surface area contributed by atoms with Crippen LogP contribution in [0.4, 0.5) is 0 Å². The van der Waals surface area contributed by atoms with E-state index in [4.69, 9.17) is 0 Å². The summed E-state index contributed by atoms with van der Waals surface area (Å²) in [4.78, 5) is 18.3. The molecule has 0 bridgehead atoms. The predicted octanol–water partition coefficient (Wildman–Crippen LogP) is 4.03. The molecule has 0 atom stereocenters. The highest BCUT2D eigenvalue weighted by molar-refractivity contribution is 7.19. The molecule has 0 saturated heterocycles. The topological polar surface area (TPSA) is 33.2 Å². The maximum absolute atomic E-state index is 12.1. The van der Waals surface area contributed by atoms with Gasteiger partial charge >= 0.3 is 0 Å². The molecule has 0 N–H and O–H groups in total. The number of thiophene rings is 1. The van der Waals surface area contributed by atoms with E-state index in [9.17, 15) is 4.79 Å². The van der Waals surface area contributed by atoms with E-state index in [0.717, 1.165) is 20.8 Å². The minimum absolute atomic E-state index is 0.0135. The fourth-order valence-electron chi connectivity index (χ4n) is 1.97. The summed E-state index contributed by atoms with van der Waals surface area (Å²) in [5.41, 5.74) is 2.13. The average molecular weight is 314 g/mol. The van der Waals surface area contributed by atoms with Crippen molar-refractivity contribution in [3.05, 3.63) is 57.7 Å². The van der Waals surface area contributed by atoms with Crippen LogP contribution in [0.25, 0.3) is 16.3 Å². The number of hydrogen-bond acceptors (Lipinski definition) is 4. The molecule has 0 fully saturated rings. The fourth-order valence-corrected chi connectivity index (χ4v) is 3.50. The van der Waals surface area contributed by atoms with Crippen molar-refractivity contribution in [2.75, 3.05) is 7.05 Å². The van der Waals surface area contributed by atoms with E-state index in [1.807, 2.05) is 42.8 Å². The van der Waals surface area contributed by atoms with Crippen LogP contribution in [-0.2, 0) is 11.3 Å². The van der Waals surface area contributed by atoms with E-state index < -0.39 is 0 Å². The van der Waals surface area contributed by atoms with Crippen molar-refractivity contribution in [2.45, 2.75) is 6.54 Å². The van der Waals surface area contributed by atoms with Crippen LogP contribution in [-0.4, -0.2) is 22.8 Å². The van der Waals surface area contributed by atoms with E-state index >= 15 is 0 Å². The number of likely N-dealkylation sites (N-methyl/N-ethyl adjacent to an activating group) is 1. The average Bonchev–Trinajstić information content (AvgIpc) is 3.13. The Morgan fingerprint density at radius 2 is 2.19 bits per heavy atom. The molecule has 1 aromatic carbocycles. The Labute approximate surface area is 131 Å². The van der Waals surface area contributed by atoms with Crippen LogP contribution in [0, 0.1) is 0 Å². The van der Waals surface area contributed by atoms with Crippen molar-refractivity contribution in [2.24, 2.45) is 0 Å². The Morgan fingerprint density at radius 3 is 2.95 bits per heavy atom. The summed E-state index contributed by atoms with van der Waals surface area (Å²) in [7, 11) is 1.81. The number of carbonyl (C=O) groups excluding carboxylic acids is 1. The van der Waals surface area contributed by atoms with Gasteiger partial charge in [-0.25, -0.2) is 4.98 Å². The van der Waals surface area contributed by atoms with Crippen LogP contribution in [0.5, 0.6) is 0 Å². The summed E-state index contributed by atoms with van der Waals surface area (Å²) in [6.07, 6.45) is 3.38. The molecule has 0 spiro atoms. The van der Waals surface area contributed by atoms with Gasteiger partial charge in [0.1, 0.15) is 5.01 Å². The number of nitrogens with zero attached hydrogens (tertiary/aromatic N) is 2. The summed E-state index contributed by atoms with van der Waals surface area (Å²) >= 11 is 3.23. The van der Waals surface area contributed by atoms with Gasteiger partial charge in [0.25, 0.3) is 0 Å². The van der Waals surface area contributed by atoms with Crippen LogP contribution >= 0.6 is 22.7 Å². The predicted molar refractivity (Wildman–Crippen MR) is 89.4 cm³/mol. The normalized spacial score (nSPS) is 11.3. The number of benzene rings is 1. The summed E-state index contributed by atoms with van der Waals surface area (Å²) in [5.74, 6) is -0.0135. The van der Waals surface area contributed by atoms with E-state index in [1.165, 1.54) is 0 Å². The lowest BCUT2D eigenvalue weighted by molar-refractivity contribution is -0.125. The van der Waals surface area contributed by atoms with Crippen molar-refractivity contribution >= 4 is 44.9 Å². The quantitative estimate of drug-likeness (QED) is 0.681. The molecule has 0 aliphatic heterocycles. The van der Waals surface area contributed by atoms with Crippen LogP contribution in [0.2, 0.25) is 0 Å². The largest absolute Gasteiger partial charge is 0.338 e. The second-order valence-corrected chi connectivity index (χ2v) is 6.52. The summed E-state index contributed by atoms with van der Waals surface area (Å²) < 4.78 is 1.14. The third kappa shape index (κ3) is 3.37. The molecule has 3 rings (SSSR count). The van der Waals surface area contributed by atoms with Crippen molar-refractivity contribution < 1.29 is 4.79 Å². The van der Waals surface area contributed by atoms with Gasteiger partial charge in [0.2, 0.25) is 5.91 Å². The zero-order valence-electron chi connectivity index (χ0n) is 11.5. The van der Waals surface area contributed by atoms with Gasteiger partial charge in [-0.2, -0.15) is 11.3 Å². The smallest absolute Gasteiger partial charge is 0.246 e. The van der Waals surface area contributed by atoms with Crippen molar-refractivity contribution in [3.8, 4) is 0 Å². The van der Waals surface area contributed by atoms with Crippen LogP contribution in [0.3, 0.4) is 0 Å². The second kappa shape index (κ2) is 6.20. The standard InChI is InChI=1S/C16H14N2OS2/c1-18(10-12-8-9-20-11-12)16(19)7-6-15-17-13-4-2-3-5-14(13)21-15/h2-9,11H,10H2,1H3/b7-6+. The molecular weight excluding hydrogens is 300 g/mol. The maximum atomic E-state index is 12.1. The highest BCUT2D eigenvalue weighted by Crippen LogP contribution is 2.22. The molecule has 21 heavy (non-hydrogen) atoms. The highest BCUT2D eigenvalue weighted by Gasteiger charge is 2.06. The number of rotatable bonds is 4. The van der Waals surface area contributed by atoms with E-state index in [-0.39, 0.29) is 5.91 Å².